The first-order valence-electron chi connectivity index (χ1n) is 5.59. The van der Waals surface area contributed by atoms with Crippen LogP contribution in [0.1, 0.15) is 0 Å². The summed E-state index contributed by atoms with van der Waals surface area (Å²) in [6.45, 7) is 0. The van der Waals surface area contributed by atoms with Crippen molar-refractivity contribution in [1.29, 1.82) is 0 Å². The van der Waals surface area contributed by atoms with Gasteiger partial charge in [-0.3, -0.25) is 9.97 Å². The van der Waals surface area contributed by atoms with Gasteiger partial charge in [0, 0.05) is 30.4 Å². The number of hydrogen-bond acceptors (Lipinski definition) is 4. The first-order valence-corrected chi connectivity index (χ1v) is 5.59. The highest BCUT2D eigenvalue weighted by molar-refractivity contribution is 5.75. The first-order chi connectivity index (χ1) is 8.95. The molecule has 3 aromatic rings. The molecule has 0 saturated heterocycles. The Morgan fingerprint density at radius 1 is 0.611 bits per heavy atom. The van der Waals surface area contributed by atoms with Crippen molar-refractivity contribution in [3.05, 3.63) is 61.2 Å². The molecule has 0 N–H and O–H groups in total. The van der Waals surface area contributed by atoms with Gasteiger partial charge in [0.2, 0.25) is 0 Å². The zero-order valence-electron chi connectivity index (χ0n) is 9.56. The fraction of sp³-hybridized carbons (Fsp3) is 0. The third kappa shape index (κ3) is 1.96. The summed E-state index contributed by atoms with van der Waals surface area (Å²) in [5, 5.41) is 0. The Labute approximate surface area is 104 Å². The smallest absolute Gasteiger partial charge is 0.178 e. The first kappa shape index (κ1) is 10.5. The number of rotatable bonds is 2. The van der Waals surface area contributed by atoms with Crippen LogP contribution in [0.2, 0.25) is 0 Å². The average Bonchev–Trinajstić information content (AvgIpc) is 2.49. The molecule has 0 radical (unpaired) electrons. The molecule has 0 unspecified atom stereocenters. The van der Waals surface area contributed by atoms with E-state index in [9.17, 15) is 0 Å². The lowest BCUT2D eigenvalue weighted by Gasteiger charge is -2.05. The average molecular weight is 234 g/mol. The summed E-state index contributed by atoms with van der Waals surface area (Å²) in [6.07, 6.45) is 6.91. The van der Waals surface area contributed by atoms with Crippen molar-refractivity contribution in [1.82, 2.24) is 19.9 Å². The standard InChI is InChI=1S/C14H10N4/c1-2-7-15-12(6-1)11-5-3-8-16-13(11)14-17-9-4-10-18-14/h1-10H. The molecule has 0 amide bonds. The third-order valence-electron chi connectivity index (χ3n) is 2.53. The Morgan fingerprint density at radius 2 is 1.39 bits per heavy atom. The quantitative estimate of drug-likeness (QED) is 0.684. The van der Waals surface area contributed by atoms with Gasteiger partial charge >= 0.3 is 0 Å². The second kappa shape index (κ2) is 4.71. The van der Waals surface area contributed by atoms with Gasteiger partial charge in [0.05, 0.1) is 5.69 Å². The Balaban J connectivity index is 2.18. The van der Waals surface area contributed by atoms with Gasteiger partial charge in [-0.1, -0.05) is 6.07 Å². The molecule has 0 atom stereocenters. The van der Waals surface area contributed by atoms with E-state index in [0.29, 0.717) is 5.82 Å². The van der Waals surface area contributed by atoms with Gasteiger partial charge in [-0.25, -0.2) is 9.97 Å². The number of nitrogens with zero attached hydrogens (tertiary/aromatic N) is 4. The van der Waals surface area contributed by atoms with Gasteiger partial charge in [-0.2, -0.15) is 0 Å². The lowest BCUT2D eigenvalue weighted by atomic mass is 10.1. The van der Waals surface area contributed by atoms with E-state index in [4.69, 9.17) is 0 Å². The Kier molecular flexibility index (Phi) is 2.75. The van der Waals surface area contributed by atoms with Crippen LogP contribution in [-0.2, 0) is 0 Å². The van der Waals surface area contributed by atoms with Crippen LogP contribution in [0.4, 0.5) is 0 Å². The normalized spacial score (nSPS) is 10.2. The SMILES string of the molecule is c1ccc(-c2cccnc2-c2ncccn2)nc1. The van der Waals surface area contributed by atoms with Gasteiger partial charge in [0.25, 0.3) is 0 Å². The highest BCUT2D eigenvalue weighted by Crippen LogP contribution is 2.25. The molecule has 0 aliphatic carbocycles. The van der Waals surface area contributed by atoms with E-state index >= 15 is 0 Å². The topological polar surface area (TPSA) is 51.6 Å². The van der Waals surface area contributed by atoms with E-state index in [1.807, 2.05) is 30.3 Å². The van der Waals surface area contributed by atoms with E-state index < -0.39 is 0 Å². The molecule has 0 saturated carbocycles. The lowest BCUT2D eigenvalue weighted by Crippen LogP contribution is -1.94. The van der Waals surface area contributed by atoms with Crippen molar-refractivity contribution >= 4 is 0 Å². The molecular formula is C14H10N4. The van der Waals surface area contributed by atoms with E-state index in [1.165, 1.54) is 0 Å². The molecule has 0 aliphatic heterocycles. The zero-order chi connectivity index (χ0) is 12.2. The molecule has 0 aliphatic rings. The van der Waals surface area contributed by atoms with Crippen LogP contribution in [0, 0.1) is 0 Å². The van der Waals surface area contributed by atoms with Gasteiger partial charge in [-0.15, -0.1) is 0 Å². The minimum absolute atomic E-state index is 0.610. The largest absolute Gasteiger partial charge is 0.256 e. The maximum absolute atomic E-state index is 4.36. The summed E-state index contributed by atoms with van der Waals surface area (Å²) in [6, 6.07) is 11.4. The minimum atomic E-state index is 0.610. The zero-order valence-corrected chi connectivity index (χ0v) is 9.56. The maximum atomic E-state index is 4.36. The monoisotopic (exact) mass is 234 g/mol. The van der Waals surface area contributed by atoms with Crippen LogP contribution in [0.3, 0.4) is 0 Å². The fourth-order valence-corrected chi connectivity index (χ4v) is 1.73. The second-order valence-corrected chi connectivity index (χ2v) is 3.69. The highest BCUT2D eigenvalue weighted by atomic mass is 14.9. The van der Waals surface area contributed by atoms with E-state index in [-0.39, 0.29) is 0 Å². The molecule has 4 heteroatoms. The van der Waals surface area contributed by atoms with Gasteiger partial charge in [0.15, 0.2) is 5.82 Å². The second-order valence-electron chi connectivity index (χ2n) is 3.69. The predicted molar refractivity (Wildman–Crippen MR) is 68.5 cm³/mol. The Bertz CT molecular complexity index is 580. The van der Waals surface area contributed by atoms with Crippen LogP contribution in [-0.4, -0.2) is 19.9 Å². The van der Waals surface area contributed by atoms with Gasteiger partial charge in [0.1, 0.15) is 5.69 Å². The Hall–Kier alpha value is -2.62. The molecule has 4 nitrogen and oxygen atoms in total. The summed E-state index contributed by atoms with van der Waals surface area (Å²) in [5.41, 5.74) is 2.55. The maximum Gasteiger partial charge on any atom is 0.178 e. The summed E-state index contributed by atoms with van der Waals surface area (Å²) in [5.74, 6) is 0.610. The summed E-state index contributed by atoms with van der Waals surface area (Å²) in [4.78, 5) is 17.2. The molecule has 3 heterocycles. The summed E-state index contributed by atoms with van der Waals surface area (Å²) in [7, 11) is 0. The summed E-state index contributed by atoms with van der Waals surface area (Å²) >= 11 is 0. The van der Waals surface area contributed by atoms with E-state index in [0.717, 1.165) is 17.0 Å². The molecule has 0 fully saturated rings. The third-order valence-corrected chi connectivity index (χ3v) is 2.53. The van der Waals surface area contributed by atoms with E-state index in [2.05, 4.69) is 19.9 Å². The van der Waals surface area contributed by atoms with Crippen molar-refractivity contribution in [3.8, 4) is 22.8 Å². The number of hydrogen-bond donors (Lipinski definition) is 0. The van der Waals surface area contributed by atoms with Crippen molar-refractivity contribution in [2.45, 2.75) is 0 Å². The van der Waals surface area contributed by atoms with Crippen molar-refractivity contribution in [3.63, 3.8) is 0 Å². The molecule has 86 valence electrons. The van der Waals surface area contributed by atoms with Crippen LogP contribution in [0.15, 0.2) is 61.2 Å². The lowest BCUT2D eigenvalue weighted by molar-refractivity contribution is 1.14. The van der Waals surface area contributed by atoms with Crippen molar-refractivity contribution in [2.24, 2.45) is 0 Å². The van der Waals surface area contributed by atoms with Gasteiger partial charge in [-0.05, 0) is 30.3 Å². The van der Waals surface area contributed by atoms with Crippen LogP contribution in [0.5, 0.6) is 0 Å². The van der Waals surface area contributed by atoms with Crippen molar-refractivity contribution < 1.29 is 0 Å². The molecule has 18 heavy (non-hydrogen) atoms. The molecular weight excluding hydrogens is 224 g/mol. The summed E-state index contributed by atoms with van der Waals surface area (Å²) < 4.78 is 0. The van der Waals surface area contributed by atoms with Crippen LogP contribution in [0.25, 0.3) is 22.8 Å². The fourth-order valence-electron chi connectivity index (χ4n) is 1.73. The van der Waals surface area contributed by atoms with Gasteiger partial charge < -0.3 is 0 Å². The van der Waals surface area contributed by atoms with E-state index in [1.54, 1.807) is 30.9 Å². The molecule has 0 bridgehead atoms. The molecule has 0 aromatic carbocycles. The number of aromatic nitrogens is 4. The van der Waals surface area contributed by atoms with Crippen LogP contribution < -0.4 is 0 Å². The minimum Gasteiger partial charge on any atom is -0.256 e. The predicted octanol–water partition coefficient (Wildman–Crippen LogP) is 2.60. The van der Waals surface area contributed by atoms with Crippen LogP contribution >= 0.6 is 0 Å². The van der Waals surface area contributed by atoms with Crippen molar-refractivity contribution in [2.75, 3.05) is 0 Å². The molecule has 3 rings (SSSR count). The highest BCUT2D eigenvalue weighted by Gasteiger charge is 2.10. The number of pyridine rings is 2. The molecule has 0 spiro atoms. The Morgan fingerprint density at radius 3 is 2.17 bits per heavy atom. The molecule has 3 aromatic heterocycles.